The van der Waals surface area contributed by atoms with Gasteiger partial charge in [-0.25, -0.2) is 0 Å². The zero-order chi connectivity index (χ0) is 8.85. The topological polar surface area (TPSA) is 98.2 Å². The van der Waals surface area contributed by atoms with Gasteiger partial charge < -0.3 is 16.8 Å². The third-order valence-corrected chi connectivity index (χ3v) is 1.10. The summed E-state index contributed by atoms with van der Waals surface area (Å²) in [5.74, 6) is -0.714. The summed E-state index contributed by atoms with van der Waals surface area (Å²) < 4.78 is 0. The van der Waals surface area contributed by atoms with Crippen molar-refractivity contribution in [3.8, 4) is 0 Å². The van der Waals surface area contributed by atoms with E-state index in [4.69, 9.17) is 11.5 Å². The zero-order valence-electron chi connectivity index (χ0n) is 6.46. The lowest BCUT2D eigenvalue weighted by molar-refractivity contribution is -0.121. The minimum atomic E-state index is -0.435. The molecule has 0 aromatic rings. The molecule has 0 saturated carbocycles. The molecule has 0 fully saturated rings. The molecule has 0 heterocycles. The van der Waals surface area contributed by atoms with Gasteiger partial charge in [-0.2, -0.15) is 0 Å². The van der Waals surface area contributed by atoms with Gasteiger partial charge in [-0.15, -0.1) is 0 Å². The van der Waals surface area contributed by atoms with Gasteiger partial charge in [0.15, 0.2) is 0 Å². The molecule has 0 rings (SSSR count). The normalized spacial score (nSPS) is 12.2. The van der Waals surface area contributed by atoms with Gasteiger partial charge in [-0.05, 0) is 6.92 Å². The number of hydrogen-bond donors (Lipinski definition) is 3. The van der Waals surface area contributed by atoms with Crippen LogP contribution >= 0.6 is 0 Å². The highest BCUT2D eigenvalue weighted by Crippen LogP contribution is 1.87. The fourth-order valence-electron chi connectivity index (χ4n) is 0.687. The second-order valence-electron chi connectivity index (χ2n) is 2.34. The van der Waals surface area contributed by atoms with Gasteiger partial charge >= 0.3 is 0 Å². The first-order valence-corrected chi connectivity index (χ1v) is 3.34. The van der Waals surface area contributed by atoms with E-state index in [1.807, 2.05) is 0 Å². The minimum Gasteiger partial charge on any atom is -0.370 e. The highest BCUT2D eigenvalue weighted by molar-refractivity contribution is 5.79. The van der Waals surface area contributed by atoms with Crippen molar-refractivity contribution in [3.05, 3.63) is 0 Å². The molecular weight excluding hydrogens is 146 g/mol. The third-order valence-electron chi connectivity index (χ3n) is 1.10. The first-order valence-electron chi connectivity index (χ1n) is 3.34. The Bertz CT molecular complexity index is 158. The SMILES string of the molecule is CC(CC(N)=O)NC(=O)CN. The fraction of sp³-hybridized carbons (Fsp3) is 0.667. The first kappa shape index (κ1) is 9.90. The van der Waals surface area contributed by atoms with E-state index in [0.717, 1.165) is 0 Å². The van der Waals surface area contributed by atoms with Crippen LogP contribution < -0.4 is 16.8 Å². The fourth-order valence-corrected chi connectivity index (χ4v) is 0.687. The number of primary amides is 1. The maximum atomic E-state index is 10.6. The summed E-state index contributed by atoms with van der Waals surface area (Å²) >= 11 is 0. The Balaban J connectivity index is 3.60. The maximum absolute atomic E-state index is 10.6. The van der Waals surface area contributed by atoms with Crippen LogP contribution in [0.25, 0.3) is 0 Å². The molecule has 0 radical (unpaired) electrons. The minimum absolute atomic E-state index is 0.0664. The number of amides is 2. The molecule has 0 aromatic carbocycles. The molecular formula is C6H13N3O2. The number of rotatable bonds is 4. The molecule has 64 valence electrons. The lowest BCUT2D eigenvalue weighted by Crippen LogP contribution is -2.39. The summed E-state index contributed by atoms with van der Waals surface area (Å²) in [6.45, 7) is 1.63. The Kier molecular flexibility index (Phi) is 4.21. The number of carbonyl (C=O) groups is 2. The van der Waals surface area contributed by atoms with Crippen LogP contribution in [-0.2, 0) is 9.59 Å². The summed E-state index contributed by atoms with van der Waals surface area (Å²) in [7, 11) is 0. The summed E-state index contributed by atoms with van der Waals surface area (Å²) in [5, 5.41) is 2.50. The second-order valence-corrected chi connectivity index (χ2v) is 2.34. The Labute approximate surface area is 65.1 Å². The Hall–Kier alpha value is -1.10. The lowest BCUT2D eigenvalue weighted by Gasteiger charge is -2.09. The van der Waals surface area contributed by atoms with E-state index < -0.39 is 5.91 Å². The van der Waals surface area contributed by atoms with Crippen molar-refractivity contribution in [2.45, 2.75) is 19.4 Å². The molecule has 0 aliphatic carbocycles. The van der Waals surface area contributed by atoms with Crippen LogP contribution in [-0.4, -0.2) is 24.4 Å². The molecule has 5 N–H and O–H groups in total. The Morgan fingerprint density at radius 1 is 1.55 bits per heavy atom. The van der Waals surface area contributed by atoms with Crippen molar-refractivity contribution in [2.24, 2.45) is 11.5 Å². The van der Waals surface area contributed by atoms with E-state index >= 15 is 0 Å². The molecule has 2 amide bonds. The van der Waals surface area contributed by atoms with E-state index in [1.165, 1.54) is 0 Å². The van der Waals surface area contributed by atoms with Crippen molar-refractivity contribution < 1.29 is 9.59 Å². The summed E-state index contributed by atoms with van der Waals surface area (Å²) in [6, 6.07) is -0.233. The van der Waals surface area contributed by atoms with Gasteiger partial charge in [0.05, 0.1) is 6.54 Å². The van der Waals surface area contributed by atoms with Gasteiger partial charge in [-0.1, -0.05) is 0 Å². The molecule has 0 bridgehead atoms. The van der Waals surface area contributed by atoms with Gasteiger partial charge in [-0.3, -0.25) is 9.59 Å². The van der Waals surface area contributed by atoms with Crippen molar-refractivity contribution in [3.63, 3.8) is 0 Å². The van der Waals surface area contributed by atoms with E-state index in [2.05, 4.69) is 5.32 Å². The smallest absolute Gasteiger partial charge is 0.233 e. The number of nitrogens with two attached hydrogens (primary N) is 2. The molecule has 11 heavy (non-hydrogen) atoms. The highest BCUT2D eigenvalue weighted by Gasteiger charge is 2.07. The van der Waals surface area contributed by atoms with Crippen LogP contribution in [0.2, 0.25) is 0 Å². The number of carbonyl (C=O) groups excluding carboxylic acids is 2. The van der Waals surface area contributed by atoms with Crippen LogP contribution in [0, 0.1) is 0 Å². The standard InChI is InChI=1S/C6H13N3O2/c1-4(2-5(8)10)9-6(11)3-7/h4H,2-3,7H2,1H3,(H2,8,10)(H,9,11). The predicted octanol–water partition coefficient (Wildman–Crippen LogP) is -1.67. The number of hydrogen-bond acceptors (Lipinski definition) is 3. The van der Waals surface area contributed by atoms with Crippen LogP contribution in [0.4, 0.5) is 0 Å². The van der Waals surface area contributed by atoms with Gasteiger partial charge in [0.2, 0.25) is 11.8 Å². The molecule has 1 atom stereocenters. The zero-order valence-corrected chi connectivity index (χ0v) is 6.46. The predicted molar refractivity (Wildman–Crippen MR) is 40.5 cm³/mol. The van der Waals surface area contributed by atoms with E-state index in [0.29, 0.717) is 0 Å². The molecule has 0 aliphatic heterocycles. The average molecular weight is 159 g/mol. The van der Waals surface area contributed by atoms with E-state index in [-0.39, 0.29) is 24.9 Å². The maximum Gasteiger partial charge on any atom is 0.233 e. The largest absolute Gasteiger partial charge is 0.370 e. The number of nitrogens with one attached hydrogen (secondary N) is 1. The van der Waals surface area contributed by atoms with Crippen molar-refractivity contribution >= 4 is 11.8 Å². The molecule has 5 heteroatoms. The second kappa shape index (κ2) is 4.68. The molecule has 0 aliphatic rings. The lowest BCUT2D eigenvalue weighted by atomic mass is 10.2. The molecule has 1 unspecified atom stereocenters. The Morgan fingerprint density at radius 3 is 2.45 bits per heavy atom. The van der Waals surface area contributed by atoms with Crippen LogP contribution in [0.1, 0.15) is 13.3 Å². The van der Waals surface area contributed by atoms with Crippen molar-refractivity contribution in [1.29, 1.82) is 0 Å². The van der Waals surface area contributed by atoms with Gasteiger partial charge in [0, 0.05) is 12.5 Å². The summed E-state index contributed by atoms with van der Waals surface area (Å²) in [4.78, 5) is 20.9. The Morgan fingerprint density at radius 2 is 2.09 bits per heavy atom. The quantitative estimate of drug-likeness (QED) is 0.457. The van der Waals surface area contributed by atoms with Crippen molar-refractivity contribution in [2.75, 3.05) is 6.54 Å². The highest BCUT2D eigenvalue weighted by atomic mass is 16.2. The summed E-state index contributed by atoms with van der Waals surface area (Å²) in [6.07, 6.45) is 0.145. The third kappa shape index (κ3) is 5.35. The van der Waals surface area contributed by atoms with Gasteiger partial charge in [0.25, 0.3) is 0 Å². The molecule has 0 saturated heterocycles. The van der Waals surface area contributed by atoms with Crippen LogP contribution in [0.3, 0.4) is 0 Å². The molecule has 0 spiro atoms. The monoisotopic (exact) mass is 159 g/mol. The summed E-state index contributed by atoms with van der Waals surface area (Å²) in [5.41, 5.74) is 9.91. The van der Waals surface area contributed by atoms with Crippen molar-refractivity contribution in [1.82, 2.24) is 5.32 Å². The molecule has 0 aromatic heterocycles. The molecule has 5 nitrogen and oxygen atoms in total. The van der Waals surface area contributed by atoms with Crippen LogP contribution in [0.5, 0.6) is 0 Å². The first-order chi connectivity index (χ1) is 5.06. The van der Waals surface area contributed by atoms with E-state index in [1.54, 1.807) is 6.92 Å². The average Bonchev–Trinajstić information content (AvgIpc) is 1.85. The van der Waals surface area contributed by atoms with Gasteiger partial charge in [0.1, 0.15) is 0 Å². The van der Waals surface area contributed by atoms with Crippen LogP contribution in [0.15, 0.2) is 0 Å². The van der Waals surface area contributed by atoms with E-state index in [9.17, 15) is 9.59 Å².